The summed E-state index contributed by atoms with van der Waals surface area (Å²) in [7, 11) is 1.71. The van der Waals surface area contributed by atoms with E-state index in [1.165, 1.54) is 31.2 Å². The van der Waals surface area contributed by atoms with Crippen molar-refractivity contribution in [3.63, 3.8) is 0 Å². The second-order valence-corrected chi connectivity index (χ2v) is 8.37. The smallest absolute Gasteiger partial charge is 0.224 e. The highest BCUT2D eigenvalue weighted by Crippen LogP contribution is 2.48. The zero-order valence-corrected chi connectivity index (χ0v) is 16.4. The number of rotatable bonds is 5. The summed E-state index contributed by atoms with van der Waals surface area (Å²) in [6, 6.07) is 8.43. The summed E-state index contributed by atoms with van der Waals surface area (Å²) >= 11 is 0. The number of carbonyl (C=O) groups is 1. The zero-order chi connectivity index (χ0) is 17.4. The van der Waals surface area contributed by atoms with E-state index in [4.69, 9.17) is 10.5 Å². The van der Waals surface area contributed by atoms with Crippen LogP contribution in [0.5, 0.6) is 5.75 Å². The number of ether oxygens (including phenoxy) is 1. The normalized spacial score (nSPS) is 31.5. The van der Waals surface area contributed by atoms with Gasteiger partial charge in [-0.15, -0.1) is 12.4 Å². The number of nitrogens with one attached hydrogen (secondary N) is 1. The first kappa shape index (κ1) is 19.5. The SMILES string of the molecule is COc1cccc(C2(CNC(=O)C3C4CCC(C4)C3N)CCCC2)c1.Cl. The summed E-state index contributed by atoms with van der Waals surface area (Å²) in [6.45, 7) is 0.722. The maximum atomic E-state index is 12.9. The predicted octanol–water partition coefficient (Wildman–Crippen LogP) is 3.42. The average molecular weight is 379 g/mol. The molecule has 0 heterocycles. The number of benzene rings is 1. The minimum Gasteiger partial charge on any atom is -0.497 e. The van der Waals surface area contributed by atoms with Crippen molar-refractivity contribution in [2.75, 3.05) is 13.7 Å². The highest BCUT2D eigenvalue weighted by Gasteiger charge is 2.49. The van der Waals surface area contributed by atoms with Gasteiger partial charge in [-0.2, -0.15) is 0 Å². The van der Waals surface area contributed by atoms with E-state index in [0.717, 1.165) is 31.6 Å². The monoisotopic (exact) mass is 378 g/mol. The number of carbonyl (C=O) groups excluding carboxylic acids is 1. The lowest BCUT2D eigenvalue weighted by molar-refractivity contribution is -0.127. The van der Waals surface area contributed by atoms with Gasteiger partial charge in [-0.05, 0) is 61.6 Å². The second kappa shape index (κ2) is 7.77. The van der Waals surface area contributed by atoms with Crippen LogP contribution in [0, 0.1) is 17.8 Å². The molecule has 4 rings (SSSR count). The highest BCUT2D eigenvalue weighted by molar-refractivity contribution is 5.85. The Labute approximate surface area is 162 Å². The molecule has 1 amide bonds. The largest absolute Gasteiger partial charge is 0.497 e. The molecule has 0 aromatic heterocycles. The number of methoxy groups -OCH3 is 1. The van der Waals surface area contributed by atoms with Gasteiger partial charge < -0.3 is 15.8 Å². The minimum absolute atomic E-state index is 0. The first-order valence-electron chi connectivity index (χ1n) is 9.81. The molecule has 0 saturated heterocycles. The minimum atomic E-state index is 0. The van der Waals surface area contributed by atoms with E-state index in [1.807, 2.05) is 6.07 Å². The molecule has 144 valence electrons. The summed E-state index contributed by atoms with van der Waals surface area (Å²) in [4.78, 5) is 12.9. The maximum Gasteiger partial charge on any atom is 0.224 e. The zero-order valence-electron chi connectivity index (χ0n) is 15.6. The summed E-state index contributed by atoms with van der Waals surface area (Å²) in [5.74, 6) is 2.19. The van der Waals surface area contributed by atoms with E-state index in [0.29, 0.717) is 11.8 Å². The van der Waals surface area contributed by atoms with E-state index in [1.54, 1.807) is 7.11 Å². The summed E-state index contributed by atoms with van der Waals surface area (Å²) in [5, 5.41) is 3.30. The fraction of sp³-hybridized carbons (Fsp3) is 0.667. The standard InChI is InChI=1S/C21H30N2O2.ClH/c1-25-17-6-4-5-16(12-17)21(9-2-3-10-21)13-23-20(24)18-14-7-8-15(11-14)19(18)22;/h4-6,12,14-15,18-19H,2-3,7-11,13,22H2,1H3,(H,23,24);1H. The number of fused-ring (bicyclic) bond motifs is 2. The molecule has 4 atom stereocenters. The number of halogens is 1. The van der Waals surface area contributed by atoms with Crippen molar-refractivity contribution < 1.29 is 9.53 Å². The van der Waals surface area contributed by atoms with Crippen LogP contribution in [0.2, 0.25) is 0 Å². The lowest BCUT2D eigenvalue weighted by Gasteiger charge is -2.33. The molecule has 3 saturated carbocycles. The third kappa shape index (κ3) is 3.34. The predicted molar refractivity (Wildman–Crippen MR) is 106 cm³/mol. The van der Waals surface area contributed by atoms with Crippen molar-refractivity contribution in [3.05, 3.63) is 29.8 Å². The van der Waals surface area contributed by atoms with Gasteiger partial charge >= 0.3 is 0 Å². The summed E-state index contributed by atoms with van der Waals surface area (Å²) in [6.07, 6.45) is 8.25. The Morgan fingerprint density at radius 3 is 2.65 bits per heavy atom. The van der Waals surface area contributed by atoms with E-state index in [-0.39, 0.29) is 35.7 Å². The van der Waals surface area contributed by atoms with Gasteiger partial charge in [0.1, 0.15) is 5.75 Å². The number of hydrogen-bond donors (Lipinski definition) is 2. The molecule has 3 aliphatic carbocycles. The Morgan fingerprint density at radius 2 is 2.00 bits per heavy atom. The van der Waals surface area contributed by atoms with E-state index < -0.39 is 0 Å². The van der Waals surface area contributed by atoms with Gasteiger partial charge in [-0.1, -0.05) is 25.0 Å². The third-order valence-corrected chi connectivity index (χ3v) is 7.13. The van der Waals surface area contributed by atoms with E-state index in [2.05, 4.69) is 23.5 Å². The molecule has 4 unspecified atom stereocenters. The molecule has 3 aliphatic rings. The molecule has 3 fully saturated rings. The Kier molecular flexibility index (Phi) is 5.83. The molecular formula is C21H31ClN2O2. The molecule has 0 aliphatic heterocycles. The maximum absolute atomic E-state index is 12.9. The summed E-state index contributed by atoms with van der Waals surface area (Å²) < 4.78 is 5.41. The van der Waals surface area contributed by atoms with Crippen molar-refractivity contribution in [1.29, 1.82) is 0 Å². The fourth-order valence-corrected chi connectivity index (χ4v) is 5.67. The highest BCUT2D eigenvalue weighted by atomic mass is 35.5. The lowest BCUT2D eigenvalue weighted by atomic mass is 9.78. The molecule has 0 spiro atoms. The molecule has 26 heavy (non-hydrogen) atoms. The molecule has 2 bridgehead atoms. The Morgan fingerprint density at radius 1 is 1.27 bits per heavy atom. The fourth-order valence-electron chi connectivity index (χ4n) is 5.67. The van der Waals surface area contributed by atoms with Crippen molar-refractivity contribution in [1.82, 2.24) is 5.32 Å². The van der Waals surface area contributed by atoms with Gasteiger partial charge in [0.15, 0.2) is 0 Å². The summed E-state index contributed by atoms with van der Waals surface area (Å²) in [5.41, 5.74) is 7.69. The number of amides is 1. The van der Waals surface area contributed by atoms with Crippen LogP contribution in [0.25, 0.3) is 0 Å². The van der Waals surface area contributed by atoms with Crippen molar-refractivity contribution >= 4 is 18.3 Å². The van der Waals surface area contributed by atoms with Crippen molar-refractivity contribution in [2.24, 2.45) is 23.5 Å². The molecule has 5 heteroatoms. The van der Waals surface area contributed by atoms with Gasteiger partial charge in [0, 0.05) is 18.0 Å². The van der Waals surface area contributed by atoms with Crippen LogP contribution in [0.4, 0.5) is 0 Å². The van der Waals surface area contributed by atoms with Gasteiger partial charge in [-0.3, -0.25) is 4.79 Å². The van der Waals surface area contributed by atoms with Crippen LogP contribution < -0.4 is 15.8 Å². The third-order valence-electron chi connectivity index (χ3n) is 7.13. The van der Waals surface area contributed by atoms with Crippen molar-refractivity contribution in [2.45, 2.75) is 56.4 Å². The van der Waals surface area contributed by atoms with Gasteiger partial charge in [0.05, 0.1) is 13.0 Å². The van der Waals surface area contributed by atoms with Crippen LogP contribution in [0.15, 0.2) is 24.3 Å². The quantitative estimate of drug-likeness (QED) is 0.825. The molecule has 0 radical (unpaired) electrons. The first-order chi connectivity index (χ1) is 12.1. The topological polar surface area (TPSA) is 64.3 Å². The van der Waals surface area contributed by atoms with Crippen LogP contribution in [0.1, 0.15) is 50.5 Å². The second-order valence-electron chi connectivity index (χ2n) is 8.37. The Hall–Kier alpha value is -1.26. The Bertz CT molecular complexity index is 643. The molecule has 4 nitrogen and oxygen atoms in total. The van der Waals surface area contributed by atoms with Gasteiger partial charge in [0.25, 0.3) is 0 Å². The number of hydrogen-bond acceptors (Lipinski definition) is 3. The van der Waals surface area contributed by atoms with E-state index >= 15 is 0 Å². The lowest BCUT2D eigenvalue weighted by Crippen LogP contribution is -2.48. The molecular weight excluding hydrogens is 348 g/mol. The van der Waals surface area contributed by atoms with Crippen LogP contribution in [-0.2, 0) is 10.2 Å². The van der Waals surface area contributed by atoms with Crippen LogP contribution in [0.3, 0.4) is 0 Å². The molecule has 1 aromatic carbocycles. The molecule has 1 aromatic rings. The van der Waals surface area contributed by atoms with Gasteiger partial charge in [-0.25, -0.2) is 0 Å². The van der Waals surface area contributed by atoms with Gasteiger partial charge in [0.2, 0.25) is 5.91 Å². The van der Waals surface area contributed by atoms with Crippen LogP contribution in [-0.4, -0.2) is 25.6 Å². The van der Waals surface area contributed by atoms with Crippen LogP contribution >= 0.6 is 12.4 Å². The number of nitrogens with two attached hydrogens (primary N) is 1. The molecule has 3 N–H and O–H groups in total. The average Bonchev–Trinajstić information content (AvgIpc) is 3.36. The van der Waals surface area contributed by atoms with Crippen molar-refractivity contribution in [3.8, 4) is 5.75 Å². The Balaban J connectivity index is 0.00000196. The first-order valence-corrected chi connectivity index (χ1v) is 9.81. The van der Waals surface area contributed by atoms with E-state index in [9.17, 15) is 4.79 Å².